The average Bonchev–Trinajstić information content (AvgIpc) is 2.17. The van der Waals surface area contributed by atoms with E-state index in [9.17, 15) is 9.70 Å². The molecule has 1 N–H and O–H groups in total. The molecule has 0 aliphatic carbocycles. The molecule has 1 heterocycles. The molecule has 0 saturated carbocycles. The Morgan fingerprint density at radius 1 is 1.82 bits per heavy atom. The molecule has 6 nitrogen and oxygen atoms in total. The molecule has 60 valence electrons. The van der Waals surface area contributed by atoms with E-state index in [-0.39, 0.29) is 23.2 Å². The first kappa shape index (κ1) is 7.67. The smallest absolute Gasteiger partial charge is 0.265 e. The quantitative estimate of drug-likeness (QED) is 0.427. The standard InChI is InChI=1S/C5H8N3O3/c1-2-3-6-5(9)4-7(10)8(6)11/h2,11H,1,3-4H2/q+1. The highest BCUT2D eigenvalue weighted by Gasteiger charge is 2.42. The number of carbonyl (C=O) groups excluding carboxylic acids is 1. The third-order valence-electron chi connectivity index (χ3n) is 1.28. The topological polar surface area (TPSA) is 63.9 Å². The minimum Gasteiger partial charge on any atom is -0.265 e. The average molecular weight is 158 g/mol. The number of nitrogens with zero attached hydrogens (tertiary/aromatic N) is 3. The molecule has 11 heavy (non-hydrogen) atoms. The SMILES string of the molecule is C=CCN1C(=O)C[N+](=O)N1O. The van der Waals surface area contributed by atoms with Gasteiger partial charge in [-0.2, -0.15) is 5.01 Å². The lowest BCUT2D eigenvalue weighted by Crippen LogP contribution is -2.38. The van der Waals surface area contributed by atoms with Crippen LogP contribution >= 0.6 is 0 Å². The number of hydrazine groups is 2. The van der Waals surface area contributed by atoms with Gasteiger partial charge in [-0.25, -0.2) is 5.21 Å². The summed E-state index contributed by atoms with van der Waals surface area (Å²) in [4.78, 5) is 21.5. The molecule has 0 aromatic heterocycles. The van der Waals surface area contributed by atoms with Gasteiger partial charge in [-0.3, -0.25) is 4.79 Å². The van der Waals surface area contributed by atoms with Gasteiger partial charge >= 0.3 is 12.5 Å². The first-order valence-corrected chi connectivity index (χ1v) is 3.01. The predicted octanol–water partition coefficient (Wildman–Crippen LogP) is -0.685. The van der Waals surface area contributed by atoms with E-state index in [2.05, 4.69) is 6.58 Å². The van der Waals surface area contributed by atoms with Crippen LogP contribution in [0.3, 0.4) is 0 Å². The van der Waals surface area contributed by atoms with Gasteiger partial charge in [0, 0.05) is 0 Å². The molecule has 0 atom stereocenters. The van der Waals surface area contributed by atoms with Crippen molar-refractivity contribution in [3.63, 3.8) is 0 Å². The summed E-state index contributed by atoms with van der Waals surface area (Å²) in [6, 6.07) is 0. The Hall–Kier alpha value is -1.43. The van der Waals surface area contributed by atoms with E-state index in [1.54, 1.807) is 0 Å². The Kier molecular flexibility index (Phi) is 1.86. The van der Waals surface area contributed by atoms with Crippen molar-refractivity contribution in [1.29, 1.82) is 0 Å². The van der Waals surface area contributed by atoms with Crippen molar-refractivity contribution >= 4 is 5.91 Å². The number of nitroso groups, excluding NO2 is 1. The van der Waals surface area contributed by atoms with Gasteiger partial charge in [0.05, 0.1) is 11.5 Å². The summed E-state index contributed by atoms with van der Waals surface area (Å²) < 4.78 is 0. The summed E-state index contributed by atoms with van der Waals surface area (Å²) in [7, 11) is 0. The molecule has 0 radical (unpaired) electrons. The number of amides is 1. The summed E-state index contributed by atoms with van der Waals surface area (Å²) in [5.74, 6) is -0.442. The Morgan fingerprint density at radius 3 is 2.82 bits per heavy atom. The molecule has 0 spiro atoms. The molecule has 1 aliphatic heterocycles. The number of hydrogen-bond acceptors (Lipinski definition) is 3. The van der Waals surface area contributed by atoms with Gasteiger partial charge in [0.1, 0.15) is 5.28 Å². The van der Waals surface area contributed by atoms with Gasteiger partial charge in [0.25, 0.3) is 0 Å². The second-order valence-electron chi connectivity index (χ2n) is 2.04. The van der Waals surface area contributed by atoms with E-state index in [1.807, 2.05) is 0 Å². The lowest BCUT2D eigenvalue weighted by Gasteiger charge is -2.10. The first-order valence-electron chi connectivity index (χ1n) is 3.01. The van der Waals surface area contributed by atoms with Crippen molar-refractivity contribution in [2.75, 3.05) is 13.1 Å². The van der Waals surface area contributed by atoms with Crippen molar-refractivity contribution < 1.29 is 14.9 Å². The summed E-state index contributed by atoms with van der Waals surface area (Å²) in [5.41, 5.74) is 0. The maximum atomic E-state index is 10.8. The van der Waals surface area contributed by atoms with Crippen molar-refractivity contribution in [2.24, 2.45) is 0 Å². The van der Waals surface area contributed by atoms with Crippen LogP contribution in [0.25, 0.3) is 0 Å². The zero-order valence-electron chi connectivity index (χ0n) is 5.80. The van der Waals surface area contributed by atoms with Crippen LogP contribution in [0.2, 0.25) is 0 Å². The molecule has 1 amide bonds. The van der Waals surface area contributed by atoms with Gasteiger partial charge in [-0.1, -0.05) is 6.08 Å². The second kappa shape index (κ2) is 2.67. The Morgan fingerprint density at radius 2 is 2.45 bits per heavy atom. The van der Waals surface area contributed by atoms with Crippen molar-refractivity contribution in [2.45, 2.75) is 0 Å². The van der Waals surface area contributed by atoms with E-state index in [0.29, 0.717) is 0 Å². The van der Waals surface area contributed by atoms with Crippen molar-refractivity contribution in [1.82, 2.24) is 10.3 Å². The summed E-state index contributed by atoms with van der Waals surface area (Å²) >= 11 is 0. The van der Waals surface area contributed by atoms with Gasteiger partial charge in [0.15, 0.2) is 4.87 Å². The lowest BCUT2D eigenvalue weighted by atomic mass is 10.5. The lowest BCUT2D eigenvalue weighted by molar-refractivity contribution is -0.781. The predicted molar refractivity (Wildman–Crippen MR) is 34.0 cm³/mol. The minimum absolute atomic E-state index is 0.133. The molecule has 1 rings (SSSR count). The van der Waals surface area contributed by atoms with Gasteiger partial charge in [-0.15, -0.1) is 6.58 Å². The van der Waals surface area contributed by atoms with E-state index in [4.69, 9.17) is 5.21 Å². The molecular weight excluding hydrogens is 150 g/mol. The maximum Gasteiger partial charge on any atom is 0.321 e. The number of hydrogen-bond donors (Lipinski definition) is 1. The Balaban J connectivity index is 2.70. The molecule has 0 unspecified atom stereocenters. The zero-order valence-corrected chi connectivity index (χ0v) is 5.80. The second-order valence-corrected chi connectivity index (χ2v) is 2.04. The summed E-state index contributed by atoms with van der Waals surface area (Å²) in [5, 5.41) is 9.99. The molecule has 6 heteroatoms. The molecule has 0 aromatic rings. The van der Waals surface area contributed by atoms with E-state index in [0.717, 1.165) is 5.01 Å². The van der Waals surface area contributed by atoms with Gasteiger partial charge in [-0.05, 0) is 0 Å². The first-order chi connectivity index (χ1) is 5.16. The summed E-state index contributed by atoms with van der Waals surface area (Å²) in [6.07, 6.45) is 1.42. The van der Waals surface area contributed by atoms with Crippen LogP contribution in [-0.4, -0.2) is 39.4 Å². The van der Waals surface area contributed by atoms with Crippen LogP contribution in [0.15, 0.2) is 12.7 Å². The van der Waals surface area contributed by atoms with Crippen LogP contribution in [0.5, 0.6) is 0 Å². The minimum atomic E-state index is -0.442. The molecule has 1 fully saturated rings. The van der Waals surface area contributed by atoms with Crippen LogP contribution in [0.4, 0.5) is 0 Å². The third-order valence-corrected chi connectivity index (χ3v) is 1.28. The van der Waals surface area contributed by atoms with Crippen LogP contribution < -0.4 is 0 Å². The molecule has 1 saturated heterocycles. The normalized spacial score (nSPS) is 17.9. The van der Waals surface area contributed by atoms with Crippen LogP contribution in [0, 0.1) is 4.91 Å². The Bertz CT molecular complexity index is 215. The van der Waals surface area contributed by atoms with Crippen molar-refractivity contribution in [3.05, 3.63) is 17.6 Å². The molecular formula is C5H8N3O3+. The highest BCUT2D eigenvalue weighted by molar-refractivity contribution is 5.77. The zero-order chi connectivity index (χ0) is 8.43. The molecule has 0 bridgehead atoms. The maximum absolute atomic E-state index is 10.8. The molecule has 0 aromatic carbocycles. The largest absolute Gasteiger partial charge is 0.321 e. The van der Waals surface area contributed by atoms with E-state index in [1.165, 1.54) is 6.08 Å². The Labute approximate surface area is 62.8 Å². The number of rotatable bonds is 2. The van der Waals surface area contributed by atoms with Gasteiger partial charge in [0.2, 0.25) is 0 Å². The van der Waals surface area contributed by atoms with E-state index < -0.39 is 5.91 Å². The third kappa shape index (κ3) is 1.20. The fourth-order valence-electron chi connectivity index (χ4n) is 0.778. The van der Waals surface area contributed by atoms with Gasteiger partial charge < -0.3 is 0 Å². The van der Waals surface area contributed by atoms with Crippen LogP contribution in [0.1, 0.15) is 0 Å². The summed E-state index contributed by atoms with van der Waals surface area (Å²) in [6.45, 7) is 3.16. The molecule has 1 aliphatic rings. The van der Waals surface area contributed by atoms with E-state index >= 15 is 0 Å². The monoisotopic (exact) mass is 158 g/mol. The highest BCUT2D eigenvalue weighted by Crippen LogP contribution is 2.04. The fourth-order valence-corrected chi connectivity index (χ4v) is 0.778. The van der Waals surface area contributed by atoms with Crippen LogP contribution in [-0.2, 0) is 4.79 Å². The highest BCUT2D eigenvalue weighted by atomic mass is 16.7. The van der Waals surface area contributed by atoms with Crippen molar-refractivity contribution in [3.8, 4) is 0 Å². The number of carbonyl (C=O) groups is 1. The fraction of sp³-hybridized carbons (Fsp3) is 0.400.